The van der Waals surface area contributed by atoms with Gasteiger partial charge in [0.15, 0.2) is 0 Å². The van der Waals surface area contributed by atoms with Crippen LogP contribution in [-0.2, 0) is 16.0 Å². The molecule has 0 saturated carbocycles. The normalized spacial score (nSPS) is 25.1. The highest BCUT2D eigenvalue weighted by Gasteiger charge is 2.37. The van der Waals surface area contributed by atoms with E-state index in [2.05, 4.69) is 37.1 Å². The highest BCUT2D eigenvalue weighted by molar-refractivity contribution is 6.30. The van der Waals surface area contributed by atoms with Gasteiger partial charge in [-0.2, -0.15) is 0 Å². The number of hydrogen-bond donors (Lipinski definition) is 2. The van der Waals surface area contributed by atoms with Crippen molar-refractivity contribution in [3.63, 3.8) is 0 Å². The number of nitrogens with two attached hydrogens (primary N) is 1. The Labute approximate surface area is 205 Å². The van der Waals surface area contributed by atoms with E-state index >= 15 is 0 Å². The maximum Gasteiger partial charge on any atom is 0.226 e. The highest BCUT2D eigenvalue weighted by Crippen LogP contribution is 2.27. The van der Waals surface area contributed by atoms with E-state index in [4.69, 9.17) is 22.1 Å². The first-order valence-electron chi connectivity index (χ1n) is 12.4. The minimum atomic E-state index is 0.0515. The van der Waals surface area contributed by atoms with E-state index in [9.17, 15) is 4.79 Å². The zero-order valence-corrected chi connectivity index (χ0v) is 20.3. The largest absolute Gasteiger partial charge is 0.373 e. The lowest BCUT2D eigenvalue weighted by molar-refractivity contribution is -0.139. The molecule has 10 heteroatoms. The summed E-state index contributed by atoms with van der Waals surface area (Å²) in [5.74, 6) is 1.37. The third kappa shape index (κ3) is 5.47. The molecule has 184 valence electrons. The van der Waals surface area contributed by atoms with Gasteiger partial charge in [0.1, 0.15) is 0 Å². The average Bonchev–Trinajstić information content (AvgIpc) is 3.29. The molecular formula is C24H34ClN7O2. The summed E-state index contributed by atoms with van der Waals surface area (Å²) in [5.41, 5.74) is 6.98. The lowest BCUT2D eigenvalue weighted by atomic mass is 9.96. The SMILES string of the molecule is Nc1nnc(N2CCC(N3CC(CN4CCCCC4=O)OC[C@@H]3Cc3ccc(Cl)cc3)CC2)[nH]1. The Hall–Kier alpha value is -2.36. The molecule has 0 bridgehead atoms. The lowest BCUT2D eigenvalue weighted by Gasteiger charge is -2.47. The molecule has 0 spiro atoms. The Balaban J connectivity index is 1.26. The Kier molecular flexibility index (Phi) is 7.22. The number of aromatic nitrogens is 3. The van der Waals surface area contributed by atoms with E-state index in [1.807, 2.05) is 17.0 Å². The summed E-state index contributed by atoms with van der Waals surface area (Å²) in [4.78, 5) is 22.3. The van der Waals surface area contributed by atoms with E-state index < -0.39 is 0 Å². The number of carbonyl (C=O) groups is 1. The molecule has 2 atom stereocenters. The predicted molar refractivity (Wildman–Crippen MR) is 132 cm³/mol. The topological polar surface area (TPSA) is 104 Å². The zero-order valence-electron chi connectivity index (χ0n) is 19.5. The van der Waals surface area contributed by atoms with Crippen molar-refractivity contribution in [3.8, 4) is 0 Å². The van der Waals surface area contributed by atoms with Crippen LogP contribution in [0.2, 0.25) is 5.02 Å². The van der Waals surface area contributed by atoms with Gasteiger partial charge in [-0.15, -0.1) is 10.2 Å². The molecule has 4 heterocycles. The number of nitrogen functional groups attached to an aromatic ring is 1. The van der Waals surface area contributed by atoms with Gasteiger partial charge in [-0.3, -0.25) is 14.7 Å². The number of likely N-dealkylation sites (tertiary alicyclic amines) is 1. The van der Waals surface area contributed by atoms with Gasteiger partial charge in [-0.25, -0.2) is 0 Å². The maximum atomic E-state index is 12.4. The van der Waals surface area contributed by atoms with Gasteiger partial charge in [0.2, 0.25) is 17.8 Å². The quantitative estimate of drug-likeness (QED) is 0.644. The summed E-state index contributed by atoms with van der Waals surface area (Å²) in [6.45, 7) is 4.88. The second-order valence-corrected chi connectivity index (χ2v) is 10.1. The molecule has 3 aliphatic rings. The van der Waals surface area contributed by atoms with Crippen molar-refractivity contribution >= 4 is 29.4 Å². The summed E-state index contributed by atoms with van der Waals surface area (Å²) in [6.07, 6.45) is 5.80. The number of benzene rings is 1. The summed E-state index contributed by atoms with van der Waals surface area (Å²) in [6, 6.07) is 8.88. The first-order chi connectivity index (χ1) is 16.5. The van der Waals surface area contributed by atoms with Gasteiger partial charge in [0.05, 0.1) is 12.7 Å². The molecule has 1 amide bonds. The van der Waals surface area contributed by atoms with Crippen LogP contribution in [0.25, 0.3) is 0 Å². The Morgan fingerprint density at radius 2 is 1.91 bits per heavy atom. The van der Waals surface area contributed by atoms with Crippen LogP contribution in [0.1, 0.15) is 37.7 Å². The number of ether oxygens (including phenoxy) is 1. The molecule has 1 aromatic heterocycles. The number of aromatic amines is 1. The Morgan fingerprint density at radius 3 is 2.62 bits per heavy atom. The molecule has 3 N–H and O–H groups in total. The molecule has 2 aromatic rings. The van der Waals surface area contributed by atoms with E-state index in [1.165, 1.54) is 5.56 Å². The standard InChI is InChI=1S/C24H34ClN7O2/c25-18-6-4-17(5-7-18)13-20-16-34-21(14-31-10-2-1-3-22(31)33)15-32(20)19-8-11-30(12-9-19)24-27-23(26)28-29-24/h4-7,19-21H,1-3,8-16H2,(H3,26,27,28,29)/t20-,21?/m0/s1. The van der Waals surface area contributed by atoms with Crippen LogP contribution in [-0.4, -0.2) is 88.4 Å². The van der Waals surface area contributed by atoms with Crippen LogP contribution in [0.15, 0.2) is 24.3 Å². The third-order valence-electron chi connectivity index (χ3n) is 7.36. The van der Waals surface area contributed by atoms with Gasteiger partial charge in [0, 0.05) is 56.3 Å². The summed E-state index contributed by atoms with van der Waals surface area (Å²) < 4.78 is 6.34. The minimum absolute atomic E-state index is 0.0515. The average molecular weight is 488 g/mol. The Morgan fingerprint density at radius 1 is 1.12 bits per heavy atom. The number of rotatable bonds is 6. The lowest BCUT2D eigenvalue weighted by Crippen LogP contribution is -2.59. The van der Waals surface area contributed by atoms with Crippen LogP contribution in [0, 0.1) is 0 Å². The molecular weight excluding hydrogens is 454 g/mol. The number of H-pyrrole nitrogens is 1. The fraction of sp³-hybridized carbons (Fsp3) is 0.625. The van der Waals surface area contributed by atoms with Crippen molar-refractivity contribution in [2.24, 2.45) is 0 Å². The number of morpholine rings is 1. The molecule has 3 saturated heterocycles. The Bertz CT molecular complexity index is 960. The van der Waals surface area contributed by atoms with E-state index in [0.717, 1.165) is 69.3 Å². The van der Waals surface area contributed by atoms with Crippen molar-refractivity contribution in [1.82, 2.24) is 25.0 Å². The van der Waals surface area contributed by atoms with Crippen LogP contribution >= 0.6 is 11.6 Å². The second-order valence-electron chi connectivity index (χ2n) is 9.69. The second kappa shape index (κ2) is 10.5. The minimum Gasteiger partial charge on any atom is -0.373 e. The third-order valence-corrected chi connectivity index (χ3v) is 7.62. The number of hydrogen-bond acceptors (Lipinski definition) is 7. The van der Waals surface area contributed by atoms with Crippen molar-refractivity contribution in [3.05, 3.63) is 34.9 Å². The van der Waals surface area contributed by atoms with Gasteiger partial charge < -0.3 is 20.3 Å². The number of carbonyl (C=O) groups excluding carboxylic acids is 1. The molecule has 9 nitrogen and oxygen atoms in total. The summed E-state index contributed by atoms with van der Waals surface area (Å²) >= 11 is 6.10. The number of halogens is 1. The van der Waals surface area contributed by atoms with Gasteiger partial charge >= 0.3 is 0 Å². The predicted octanol–water partition coefficient (Wildman–Crippen LogP) is 2.33. The first kappa shape index (κ1) is 23.4. The number of nitrogens with zero attached hydrogens (tertiary/aromatic N) is 5. The molecule has 0 aliphatic carbocycles. The maximum absolute atomic E-state index is 12.4. The van der Waals surface area contributed by atoms with Crippen molar-refractivity contribution in [1.29, 1.82) is 0 Å². The molecule has 3 aliphatic heterocycles. The van der Waals surface area contributed by atoms with Crippen molar-refractivity contribution < 1.29 is 9.53 Å². The number of piperidine rings is 2. The molecule has 3 fully saturated rings. The van der Waals surface area contributed by atoms with E-state index in [1.54, 1.807) is 0 Å². The zero-order chi connectivity index (χ0) is 23.5. The van der Waals surface area contributed by atoms with Gasteiger partial charge in [-0.05, 0) is 49.8 Å². The first-order valence-corrected chi connectivity index (χ1v) is 12.8. The number of anilines is 2. The van der Waals surface area contributed by atoms with Crippen molar-refractivity contribution in [2.45, 2.75) is 56.7 Å². The molecule has 1 unspecified atom stereocenters. The summed E-state index contributed by atoms with van der Waals surface area (Å²) in [7, 11) is 0. The van der Waals surface area contributed by atoms with E-state index in [-0.39, 0.29) is 12.0 Å². The molecule has 0 radical (unpaired) electrons. The monoisotopic (exact) mass is 487 g/mol. The van der Waals surface area contributed by atoms with E-state index in [0.29, 0.717) is 37.6 Å². The van der Waals surface area contributed by atoms with Crippen LogP contribution < -0.4 is 10.6 Å². The van der Waals surface area contributed by atoms with Crippen LogP contribution in [0.4, 0.5) is 11.9 Å². The fourth-order valence-corrected chi connectivity index (χ4v) is 5.65. The number of nitrogens with one attached hydrogen (secondary N) is 1. The fourth-order valence-electron chi connectivity index (χ4n) is 5.52. The highest BCUT2D eigenvalue weighted by atomic mass is 35.5. The summed E-state index contributed by atoms with van der Waals surface area (Å²) in [5, 5.41) is 8.81. The van der Waals surface area contributed by atoms with Gasteiger partial charge in [-0.1, -0.05) is 23.7 Å². The van der Waals surface area contributed by atoms with Crippen LogP contribution in [0.3, 0.4) is 0 Å². The number of amides is 1. The molecule has 1 aromatic carbocycles. The van der Waals surface area contributed by atoms with Gasteiger partial charge in [0.25, 0.3) is 0 Å². The smallest absolute Gasteiger partial charge is 0.226 e. The molecule has 34 heavy (non-hydrogen) atoms. The van der Waals surface area contributed by atoms with Crippen LogP contribution in [0.5, 0.6) is 0 Å². The molecule has 5 rings (SSSR count). The van der Waals surface area contributed by atoms with Crippen molar-refractivity contribution in [2.75, 3.05) is 50.0 Å².